The number of hydrogen-bond donors (Lipinski definition) is 0. The maximum Gasteiger partial charge on any atom is 0.290 e. The van der Waals surface area contributed by atoms with Crippen LogP contribution < -0.4 is 0 Å². The molecule has 0 aliphatic rings. The summed E-state index contributed by atoms with van der Waals surface area (Å²) in [4.78, 5) is 23.7. The molecule has 0 bridgehead atoms. The van der Waals surface area contributed by atoms with Gasteiger partial charge in [0.25, 0.3) is 5.91 Å². The fraction of sp³-hybridized carbons (Fsp3) is 0.115. The van der Waals surface area contributed by atoms with E-state index in [2.05, 4.69) is 16.0 Å². The van der Waals surface area contributed by atoms with Gasteiger partial charge in [0.2, 0.25) is 0 Å². The van der Waals surface area contributed by atoms with Gasteiger partial charge in [-0.1, -0.05) is 42.5 Å². The Morgan fingerprint density at radius 1 is 0.839 bits per heavy atom. The first-order chi connectivity index (χ1) is 15.2. The van der Waals surface area contributed by atoms with Gasteiger partial charge in [-0.15, -0.1) is 0 Å². The number of rotatable bonds is 5. The summed E-state index contributed by atoms with van der Waals surface area (Å²) in [6, 6.07) is 19.8. The van der Waals surface area contributed by atoms with Gasteiger partial charge in [-0.2, -0.15) is 0 Å². The van der Waals surface area contributed by atoms with Crippen molar-refractivity contribution in [3.63, 3.8) is 0 Å². The molecule has 0 radical (unpaired) electrons. The summed E-state index contributed by atoms with van der Waals surface area (Å²) in [5.74, 6) is 0.239. The summed E-state index contributed by atoms with van der Waals surface area (Å²) in [7, 11) is 0. The van der Waals surface area contributed by atoms with Crippen LogP contribution in [0.3, 0.4) is 0 Å². The first kappa shape index (κ1) is 19.0. The minimum atomic E-state index is -0.140. The third-order valence-corrected chi connectivity index (χ3v) is 5.53. The van der Waals surface area contributed by atoms with E-state index in [0.717, 1.165) is 38.4 Å². The van der Waals surface area contributed by atoms with E-state index in [0.29, 0.717) is 18.8 Å². The van der Waals surface area contributed by atoms with Crippen LogP contribution in [0.25, 0.3) is 21.7 Å². The number of fused-ring (bicyclic) bond motifs is 3. The molecular weight excluding hydrogens is 386 g/mol. The highest BCUT2D eigenvalue weighted by molar-refractivity contribution is 6.08. The zero-order valence-corrected chi connectivity index (χ0v) is 17.2. The van der Waals surface area contributed by atoms with Gasteiger partial charge < -0.3 is 9.32 Å². The van der Waals surface area contributed by atoms with Crippen LogP contribution in [0, 0.1) is 6.92 Å². The Kier molecular flexibility index (Phi) is 4.92. The number of carbonyl (C=O) groups is 1. The lowest BCUT2D eigenvalue weighted by Gasteiger charge is -2.22. The van der Waals surface area contributed by atoms with Crippen molar-refractivity contribution in [1.29, 1.82) is 0 Å². The van der Waals surface area contributed by atoms with Crippen molar-refractivity contribution in [2.24, 2.45) is 0 Å². The van der Waals surface area contributed by atoms with E-state index in [9.17, 15) is 4.79 Å². The van der Waals surface area contributed by atoms with Crippen molar-refractivity contribution in [1.82, 2.24) is 14.9 Å². The molecule has 0 atom stereocenters. The lowest BCUT2D eigenvalue weighted by molar-refractivity contribution is 0.0699. The molecular formula is C26H21N3O2. The fourth-order valence-corrected chi connectivity index (χ4v) is 3.92. The van der Waals surface area contributed by atoms with Gasteiger partial charge in [0, 0.05) is 54.2 Å². The van der Waals surface area contributed by atoms with E-state index in [1.54, 1.807) is 29.7 Å². The molecule has 0 aliphatic carbocycles. The van der Waals surface area contributed by atoms with Gasteiger partial charge >= 0.3 is 0 Å². The van der Waals surface area contributed by atoms with Crippen LogP contribution in [0.4, 0.5) is 0 Å². The number of nitrogens with zero attached hydrogens (tertiary/aromatic N) is 3. The fourth-order valence-electron chi connectivity index (χ4n) is 3.92. The third kappa shape index (κ3) is 3.66. The summed E-state index contributed by atoms with van der Waals surface area (Å²) in [5, 5.41) is 3.06. The highest BCUT2D eigenvalue weighted by atomic mass is 16.3. The summed E-state index contributed by atoms with van der Waals surface area (Å²) >= 11 is 0. The van der Waals surface area contributed by atoms with Crippen molar-refractivity contribution < 1.29 is 9.21 Å². The number of aryl methyl sites for hydroxylation is 1. The molecule has 5 aromatic rings. The van der Waals surface area contributed by atoms with Gasteiger partial charge in [-0.3, -0.25) is 14.8 Å². The number of benzene rings is 2. The van der Waals surface area contributed by atoms with Gasteiger partial charge in [-0.25, -0.2) is 0 Å². The molecule has 3 aromatic heterocycles. The van der Waals surface area contributed by atoms with Gasteiger partial charge in [0.1, 0.15) is 5.58 Å². The van der Waals surface area contributed by atoms with E-state index in [4.69, 9.17) is 4.42 Å². The average molecular weight is 407 g/mol. The van der Waals surface area contributed by atoms with Crippen LogP contribution in [-0.4, -0.2) is 20.8 Å². The minimum Gasteiger partial charge on any atom is -0.450 e. The quantitative estimate of drug-likeness (QED) is 0.384. The second kappa shape index (κ2) is 8.03. The molecule has 31 heavy (non-hydrogen) atoms. The van der Waals surface area contributed by atoms with Crippen LogP contribution in [-0.2, 0) is 13.1 Å². The van der Waals surface area contributed by atoms with Crippen LogP contribution in [0.1, 0.15) is 27.2 Å². The van der Waals surface area contributed by atoms with E-state index < -0.39 is 0 Å². The number of amides is 1. The molecule has 1 amide bonds. The Balaban J connectivity index is 1.57. The maximum atomic E-state index is 13.7. The van der Waals surface area contributed by atoms with E-state index in [1.165, 1.54) is 0 Å². The van der Waals surface area contributed by atoms with Gasteiger partial charge in [0.15, 0.2) is 5.76 Å². The van der Waals surface area contributed by atoms with Crippen LogP contribution in [0.15, 0.2) is 89.9 Å². The highest BCUT2D eigenvalue weighted by Crippen LogP contribution is 2.32. The highest BCUT2D eigenvalue weighted by Gasteiger charge is 2.24. The third-order valence-electron chi connectivity index (χ3n) is 5.53. The molecule has 5 heteroatoms. The summed E-state index contributed by atoms with van der Waals surface area (Å²) in [5.41, 5.74) is 3.58. The topological polar surface area (TPSA) is 59.2 Å². The van der Waals surface area contributed by atoms with Crippen molar-refractivity contribution in [3.05, 3.63) is 108 Å². The Morgan fingerprint density at radius 2 is 1.65 bits per heavy atom. The molecule has 5 rings (SSSR count). The minimum absolute atomic E-state index is 0.140. The van der Waals surface area contributed by atoms with Crippen molar-refractivity contribution in [2.45, 2.75) is 20.0 Å². The molecule has 0 aliphatic heterocycles. The SMILES string of the molecule is Cc1c(C(=O)N(Cc2ccncc2)Cc2cccnc2)oc2c1ccc1ccccc12. The number of furan rings is 1. The molecule has 0 saturated carbocycles. The Bertz CT molecular complexity index is 1320. The Labute approximate surface area is 180 Å². The standard InChI is InChI=1S/C26H21N3O2/c1-18-22-9-8-21-6-2-3-7-23(21)25(22)31-24(18)26(30)29(16-19-10-13-27-14-11-19)17-20-5-4-12-28-15-20/h2-15H,16-17H2,1H3. The molecule has 0 unspecified atom stereocenters. The molecule has 2 aromatic carbocycles. The molecule has 5 nitrogen and oxygen atoms in total. The number of hydrogen-bond acceptors (Lipinski definition) is 4. The number of pyridine rings is 2. The second-order valence-electron chi connectivity index (χ2n) is 7.60. The molecule has 152 valence electrons. The zero-order chi connectivity index (χ0) is 21.2. The van der Waals surface area contributed by atoms with Crippen LogP contribution >= 0.6 is 0 Å². The lowest BCUT2D eigenvalue weighted by Crippen LogP contribution is -2.30. The van der Waals surface area contributed by atoms with Crippen LogP contribution in [0.5, 0.6) is 0 Å². The smallest absolute Gasteiger partial charge is 0.290 e. The van der Waals surface area contributed by atoms with Gasteiger partial charge in [0.05, 0.1) is 0 Å². The predicted octanol–water partition coefficient (Wildman–Crippen LogP) is 5.53. The van der Waals surface area contributed by atoms with Crippen molar-refractivity contribution in [2.75, 3.05) is 0 Å². The van der Waals surface area contributed by atoms with E-state index >= 15 is 0 Å². The molecule has 0 N–H and O–H groups in total. The average Bonchev–Trinajstić information content (AvgIpc) is 3.16. The van der Waals surface area contributed by atoms with Crippen molar-refractivity contribution >= 4 is 27.6 Å². The first-order valence-electron chi connectivity index (χ1n) is 10.2. The lowest BCUT2D eigenvalue weighted by atomic mass is 10.1. The first-order valence-corrected chi connectivity index (χ1v) is 10.2. The Morgan fingerprint density at radius 3 is 2.45 bits per heavy atom. The number of aromatic nitrogens is 2. The monoisotopic (exact) mass is 407 g/mol. The largest absolute Gasteiger partial charge is 0.450 e. The maximum absolute atomic E-state index is 13.7. The molecule has 3 heterocycles. The predicted molar refractivity (Wildman–Crippen MR) is 121 cm³/mol. The summed E-state index contributed by atoms with van der Waals surface area (Å²) in [6.45, 7) is 2.84. The van der Waals surface area contributed by atoms with E-state index in [1.807, 2.05) is 61.5 Å². The molecule has 0 fully saturated rings. The molecule has 0 saturated heterocycles. The number of carbonyl (C=O) groups excluding carboxylic acids is 1. The van der Waals surface area contributed by atoms with E-state index in [-0.39, 0.29) is 5.91 Å². The van der Waals surface area contributed by atoms with Crippen LogP contribution in [0.2, 0.25) is 0 Å². The summed E-state index contributed by atoms with van der Waals surface area (Å²) in [6.07, 6.45) is 6.99. The van der Waals surface area contributed by atoms with Gasteiger partial charge in [-0.05, 0) is 41.6 Å². The Hall–Kier alpha value is -3.99. The zero-order valence-electron chi connectivity index (χ0n) is 17.2. The normalized spacial score (nSPS) is 11.1. The summed E-state index contributed by atoms with van der Waals surface area (Å²) < 4.78 is 6.21. The van der Waals surface area contributed by atoms with Crippen molar-refractivity contribution in [3.8, 4) is 0 Å². The molecule has 0 spiro atoms. The second-order valence-corrected chi connectivity index (χ2v) is 7.60.